The maximum absolute atomic E-state index is 13.5. The lowest BCUT2D eigenvalue weighted by Gasteiger charge is -2.35. The quantitative estimate of drug-likeness (QED) is 0.552. The molecule has 1 aliphatic heterocycles. The average molecular weight is 398 g/mol. The maximum atomic E-state index is 13.5. The molecule has 2 N–H and O–H groups in total. The normalized spacial score (nSPS) is 18.4. The van der Waals surface area contributed by atoms with Crippen molar-refractivity contribution in [2.24, 2.45) is 0 Å². The lowest BCUT2D eigenvalue weighted by atomic mass is 9.93. The van der Waals surface area contributed by atoms with Gasteiger partial charge >= 0.3 is 0 Å². The zero-order valence-electron chi connectivity index (χ0n) is 16.8. The molecule has 0 fully saturated rings. The molecule has 2 heterocycles. The molecule has 30 heavy (non-hydrogen) atoms. The minimum atomic E-state index is -1.62. The Labute approximate surface area is 174 Å². The number of fused-ring (bicyclic) bond motifs is 2. The number of hydrogen-bond donors (Lipinski definition) is 2. The van der Waals surface area contributed by atoms with Crippen LogP contribution in [-0.2, 0) is 12.3 Å². The summed E-state index contributed by atoms with van der Waals surface area (Å²) >= 11 is 0. The monoisotopic (exact) mass is 398 g/mol. The van der Waals surface area contributed by atoms with Gasteiger partial charge in [-0.25, -0.2) is 4.98 Å². The van der Waals surface area contributed by atoms with Gasteiger partial charge in [-0.2, -0.15) is 0 Å². The summed E-state index contributed by atoms with van der Waals surface area (Å²) in [6.07, 6.45) is 1.62. The standard InChI is InChI=1S/C24H22N4O2/c1-27(2)14-16-6-5-7-18(12-16)28-23(29)19-8-3-4-9-20(19)24(28,30)17-10-11-21-22(13-17)26-15-25-21/h3-13,15,30H,14H2,1-2H3,(H,25,26). The Morgan fingerprint density at radius 1 is 1.07 bits per heavy atom. The van der Waals surface area contributed by atoms with Crippen LogP contribution in [-0.4, -0.2) is 40.0 Å². The third-order valence-electron chi connectivity index (χ3n) is 5.55. The SMILES string of the molecule is CN(C)Cc1cccc(N2C(=O)c3ccccc3C2(O)c2ccc3nc[nH]c3c2)c1. The Kier molecular flexibility index (Phi) is 4.20. The number of aromatic amines is 1. The molecule has 1 aromatic heterocycles. The number of carbonyl (C=O) groups excluding carboxylic acids is 1. The van der Waals surface area contributed by atoms with Gasteiger partial charge in [0.15, 0.2) is 5.72 Å². The number of nitrogens with zero attached hydrogens (tertiary/aromatic N) is 3. The van der Waals surface area contributed by atoms with Crippen LogP contribution >= 0.6 is 0 Å². The van der Waals surface area contributed by atoms with Gasteiger partial charge in [0.05, 0.1) is 17.4 Å². The van der Waals surface area contributed by atoms with E-state index < -0.39 is 5.72 Å². The third kappa shape index (κ3) is 2.73. The van der Waals surface area contributed by atoms with Crippen LogP contribution in [0.5, 0.6) is 0 Å². The van der Waals surface area contributed by atoms with Crippen molar-refractivity contribution in [1.29, 1.82) is 0 Å². The number of amides is 1. The van der Waals surface area contributed by atoms with Crippen molar-refractivity contribution < 1.29 is 9.90 Å². The van der Waals surface area contributed by atoms with Gasteiger partial charge in [-0.15, -0.1) is 0 Å². The van der Waals surface area contributed by atoms with Crippen molar-refractivity contribution in [3.63, 3.8) is 0 Å². The molecule has 0 aliphatic carbocycles. The van der Waals surface area contributed by atoms with Crippen LogP contribution in [0.15, 0.2) is 73.1 Å². The van der Waals surface area contributed by atoms with Crippen molar-refractivity contribution in [2.45, 2.75) is 12.3 Å². The summed E-state index contributed by atoms with van der Waals surface area (Å²) in [4.78, 5) is 24.4. The van der Waals surface area contributed by atoms with E-state index in [0.717, 1.165) is 23.1 Å². The Hall–Kier alpha value is -3.48. The minimum absolute atomic E-state index is 0.222. The van der Waals surface area contributed by atoms with Gasteiger partial charge in [-0.1, -0.05) is 36.4 Å². The van der Waals surface area contributed by atoms with E-state index in [-0.39, 0.29) is 5.91 Å². The van der Waals surface area contributed by atoms with Crippen molar-refractivity contribution in [2.75, 3.05) is 19.0 Å². The van der Waals surface area contributed by atoms with Gasteiger partial charge in [-0.3, -0.25) is 9.69 Å². The molecule has 6 heteroatoms. The predicted octanol–water partition coefficient (Wildman–Crippen LogP) is 3.48. The van der Waals surface area contributed by atoms with Crippen molar-refractivity contribution >= 4 is 22.6 Å². The molecule has 0 saturated carbocycles. The third-order valence-corrected chi connectivity index (χ3v) is 5.55. The van der Waals surface area contributed by atoms with Gasteiger partial charge < -0.3 is 15.0 Å². The lowest BCUT2D eigenvalue weighted by Crippen LogP contribution is -2.45. The van der Waals surface area contributed by atoms with Crippen LogP contribution in [0.3, 0.4) is 0 Å². The summed E-state index contributed by atoms with van der Waals surface area (Å²) in [5.74, 6) is -0.222. The van der Waals surface area contributed by atoms with Crippen molar-refractivity contribution in [3.8, 4) is 0 Å². The van der Waals surface area contributed by atoms with Gasteiger partial charge in [0.25, 0.3) is 5.91 Å². The largest absolute Gasteiger partial charge is 0.363 e. The van der Waals surface area contributed by atoms with E-state index in [1.54, 1.807) is 12.4 Å². The van der Waals surface area contributed by atoms with E-state index >= 15 is 0 Å². The molecule has 1 aliphatic rings. The van der Waals surface area contributed by atoms with Crippen LogP contribution in [0.2, 0.25) is 0 Å². The highest BCUT2D eigenvalue weighted by atomic mass is 16.3. The molecule has 0 saturated heterocycles. The van der Waals surface area contributed by atoms with Gasteiger partial charge in [0.1, 0.15) is 0 Å². The summed E-state index contributed by atoms with van der Waals surface area (Å²) in [5, 5.41) is 12.1. The van der Waals surface area contributed by atoms with E-state index in [1.165, 1.54) is 4.90 Å². The van der Waals surface area contributed by atoms with Gasteiger partial charge in [0.2, 0.25) is 0 Å². The van der Waals surface area contributed by atoms with Gasteiger partial charge in [0, 0.05) is 28.9 Å². The fourth-order valence-electron chi connectivity index (χ4n) is 4.26. The summed E-state index contributed by atoms with van der Waals surface area (Å²) in [6.45, 7) is 0.737. The summed E-state index contributed by atoms with van der Waals surface area (Å²) < 4.78 is 0. The highest BCUT2D eigenvalue weighted by Gasteiger charge is 2.50. The second kappa shape index (κ2) is 6.79. The minimum Gasteiger partial charge on any atom is -0.363 e. The molecule has 0 bridgehead atoms. The zero-order valence-corrected chi connectivity index (χ0v) is 16.8. The highest BCUT2D eigenvalue weighted by Crippen LogP contribution is 2.45. The number of imidazole rings is 1. The van der Waals surface area contributed by atoms with E-state index in [9.17, 15) is 9.90 Å². The second-order valence-corrected chi connectivity index (χ2v) is 7.90. The molecule has 3 aromatic carbocycles. The first-order valence-electron chi connectivity index (χ1n) is 9.82. The molecule has 1 unspecified atom stereocenters. The topological polar surface area (TPSA) is 72.5 Å². The van der Waals surface area contributed by atoms with Gasteiger partial charge in [-0.05, 0) is 50.0 Å². The van der Waals surface area contributed by atoms with Crippen LogP contribution in [0.25, 0.3) is 11.0 Å². The Morgan fingerprint density at radius 2 is 1.90 bits per heavy atom. The van der Waals surface area contributed by atoms with Crippen LogP contribution in [0.1, 0.15) is 27.0 Å². The number of aromatic nitrogens is 2. The smallest absolute Gasteiger partial charge is 0.261 e. The molecule has 0 radical (unpaired) electrons. The summed E-state index contributed by atoms with van der Waals surface area (Å²) in [5.41, 5.74) is 3.39. The zero-order chi connectivity index (χ0) is 20.9. The molecular weight excluding hydrogens is 376 g/mol. The van der Waals surface area contributed by atoms with Crippen LogP contribution < -0.4 is 4.90 Å². The molecule has 150 valence electrons. The van der Waals surface area contributed by atoms with Crippen molar-refractivity contribution in [1.82, 2.24) is 14.9 Å². The molecule has 1 atom stereocenters. The molecule has 6 nitrogen and oxygen atoms in total. The Bertz CT molecular complexity index is 1260. The molecule has 1 amide bonds. The number of hydrogen-bond acceptors (Lipinski definition) is 4. The van der Waals surface area contributed by atoms with E-state index in [0.29, 0.717) is 22.4 Å². The van der Waals surface area contributed by atoms with Crippen molar-refractivity contribution in [3.05, 3.63) is 95.3 Å². The highest BCUT2D eigenvalue weighted by molar-refractivity contribution is 6.12. The summed E-state index contributed by atoms with van der Waals surface area (Å²) in [7, 11) is 4.00. The summed E-state index contributed by atoms with van der Waals surface area (Å²) in [6, 6.07) is 20.5. The number of benzene rings is 3. The van der Waals surface area contributed by atoms with E-state index in [1.807, 2.05) is 74.8 Å². The number of carbonyl (C=O) groups is 1. The molecule has 0 spiro atoms. The molecule has 5 rings (SSSR count). The number of H-pyrrole nitrogens is 1. The first-order valence-corrected chi connectivity index (χ1v) is 9.82. The first-order chi connectivity index (χ1) is 14.5. The number of aliphatic hydroxyl groups is 1. The number of anilines is 1. The maximum Gasteiger partial charge on any atom is 0.261 e. The number of nitrogens with one attached hydrogen (secondary N) is 1. The van der Waals surface area contributed by atoms with E-state index in [4.69, 9.17) is 0 Å². The fraction of sp³-hybridized carbons (Fsp3) is 0.167. The molecule has 4 aromatic rings. The average Bonchev–Trinajstić information content (AvgIpc) is 3.29. The second-order valence-electron chi connectivity index (χ2n) is 7.90. The Balaban J connectivity index is 1.72. The lowest BCUT2D eigenvalue weighted by molar-refractivity contribution is 0.0704. The number of rotatable bonds is 4. The molecular formula is C24H22N4O2. The van der Waals surface area contributed by atoms with E-state index in [2.05, 4.69) is 14.9 Å². The van der Waals surface area contributed by atoms with Crippen LogP contribution in [0.4, 0.5) is 5.69 Å². The fourth-order valence-corrected chi connectivity index (χ4v) is 4.26. The predicted molar refractivity (Wildman–Crippen MR) is 116 cm³/mol. The van der Waals surface area contributed by atoms with Crippen LogP contribution in [0, 0.1) is 0 Å². The first kappa shape index (κ1) is 18.5. The Morgan fingerprint density at radius 3 is 2.73 bits per heavy atom.